The van der Waals surface area contributed by atoms with Crippen molar-refractivity contribution in [2.45, 2.75) is 43.1 Å². The number of benzene rings is 2. The Hall–Kier alpha value is -2.79. The predicted molar refractivity (Wildman–Crippen MR) is 132 cm³/mol. The molecule has 0 radical (unpaired) electrons. The zero-order valence-corrected chi connectivity index (χ0v) is 21.7. The summed E-state index contributed by atoms with van der Waals surface area (Å²) in [7, 11) is -7.51. The van der Waals surface area contributed by atoms with Crippen LogP contribution in [0.3, 0.4) is 0 Å². The monoisotopic (exact) mass is 509 g/mol. The highest BCUT2D eigenvalue weighted by Gasteiger charge is 2.28. The van der Waals surface area contributed by atoms with Crippen LogP contribution in [-0.2, 0) is 24.6 Å². The van der Waals surface area contributed by atoms with E-state index in [9.17, 15) is 21.6 Å². The van der Waals surface area contributed by atoms with Crippen molar-refractivity contribution in [1.29, 1.82) is 0 Å². The quantitative estimate of drug-likeness (QED) is 0.658. The molecule has 2 aromatic carbocycles. The Kier molecular flexibility index (Phi) is 7.18. The lowest BCUT2D eigenvalue weighted by Crippen LogP contribution is -2.50. The molecule has 1 N–H and O–H groups in total. The third-order valence-electron chi connectivity index (χ3n) is 5.24. The highest BCUT2D eigenvalue weighted by Crippen LogP contribution is 2.32. The molecular weight excluding hydrogens is 478 g/mol. The molecule has 2 aromatic rings. The van der Waals surface area contributed by atoms with E-state index in [1.807, 2.05) is 11.8 Å². The summed E-state index contributed by atoms with van der Waals surface area (Å²) in [5.41, 5.74) is 1.01. The summed E-state index contributed by atoms with van der Waals surface area (Å²) in [6.45, 7) is 8.88. The summed E-state index contributed by atoms with van der Waals surface area (Å²) in [5, 5.41) is 0. The van der Waals surface area contributed by atoms with Gasteiger partial charge in [0.25, 0.3) is 10.0 Å². The first-order valence-corrected chi connectivity index (χ1v) is 14.2. The predicted octanol–water partition coefficient (Wildman–Crippen LogP) is 3.26. The van der Waals surface area contributed by atoms with E-state index in [1.54, 1.807) is 43.9 Å². The van der Waals surface area contributed by atoms with E-state index < -0.39 is 31.6 Å². The van der Waals surface area contributed by atoms with Crippen molar-refractivity contribution in [3.63, 3.8) is 0 Å². The van der Waals surface area contributed by atoms with Crippen molar-refractivity contribution in [1.82, 2.24) is 4.90 Å². The van der Waals surface area contributed by atoms with Crippen molar-refractivity contribution in [2.24, 2.45) is 0 Å². The number of sulfonamides is 1. The average Bonchev–Trinajstić information content (AvgIpc) is 2.72. The minimum atomic E-state index is -3.95. The van der Waals surface area contributed by atoms with Crippen molar-refractivity contribution in [2.75, 3.05) is 42.1 Å². The van der Waals surface area contributed by atoms with Gasteiger partial charge in [-0.2, -0.15) is 0 Å². The standard InChI is InChI=1S/C23H31N3O6S2/c1-17-6-8-18(9-7-17)34(30,31)24-20-16-19(33(5,28)29)10-11-21(20)25-12-14-26(15-13-25)22(27)32-23(2,3)4/h6-11,16,24H,12-15H2,1-5H3. The molecule has 0 bridgehead atoms. The molecular formula is C23H31N3O6S2. The highest BCUT2D eigenvalue weighted by atomic mass is 32.2. The number of nitrogens with zero attached hydrogens (tertiary/aromatic N) is 2. The van der Waals surface area contributed by atoms with Crippen LogP contribution >= 0.6 is 0 Å². The Morgan fingerprint density at radius 3 is 2.00 bits per heavy atom. The number of carbonyl (C=O) groups excluding carboxylic acids is 1. The van der Waals surface area contributed by atoms with Crippen LogP contribution in [0.15, 0.2) is 52.3 Å². The lowest BCUT2D eigenvalue weighted by Gasteiger charge is -2.37. The van der Waals surface area contributed by atoms with Gasteiger partial charge in [-0.25, -0.2) is 21.6 Å². The van der Waals surface area contributed by atoms with Crippen molar-refractivity contribution in [3.8, 4) is 0 Å². The van der Waals surface area contributed by atoms with Gasteiger partial charge in [0.2, 0.25) is 0 Å². The summed E-state index contributed by atoms with van der Waals surface area (Å²) in [5.74, 6) is 0. The minimum Gasteiger partial charge on any atom is -0.444 e. The molecule has 0 atom stereocenters. The number of piperazine rings is 1. The molecule has 0 aromatic heterocycles. The number of rotatable bonds is 5. The molecule has 1 aliphatic heterocycles. The third-order valence-corrected chi connectivity index (χ3v) is 7.74. The van der Waals surface area contributed by atoms with Crippen LogP contribution in [-0.4, -0.2) is 65.9 Å². The Labute approximate surface area is 201 Å². The highest BCUT2D eigenvalue weighted by molar-refractivity contribution is 7.92. The molecule has 186 valence electrons. The second-order valence-corrected chi connectivity index (χ2v) is 13.0. The zero-order valence-electron chi connectivity index (χ0n) is 20.0. The Morgan fingerprint density at radius 2 is 1.47 bits per heavy atom. The Morgan fingerprint density at radius 1 is 0.912 bits per heavy atom. The van der Waals surface area contributed by atoms with Gasteiger partial charge < -0.3 is 14.5 Å². The van der Waals surface area contributed by atoms with Gasteiger partial charge in [0.15, 0.2) is 9.84 Å². The fraction of sp³-hybridized carbons (Fsp3) is 0.435. The molecule has 9 nitrogen and oxygen atoms in total. The number of amides is 1. The van der Waals surface area contributed by atoms with Gasteiger partial charge in [-0.05, 0) is 58.0 Å². The molecule has 1 heterocycles. The lowest BCUT2D eigenvalue weighted by atomic mass is 10.2. The molecule has 34 heavy (non-hydrogen) atoms. The number of carbonyl (C=O) groups is 1. The van der Waals surface area contributed by atoms with Crippen LogP contribution in [0.2, 0.25) is 0 Å². The van der Waals surface area contributed by atoms with Crippen molar-refractivity contribution < 1.29 is 26.4 Å². The van der Waals surface area contributed by atoms with E-state index in [2.05, 4.69) is 4.72 Å². The van der Waals surface area contributed by atoms with Crippen LogP contribution in [0.25, 0.3) is 0 Å². The first-order valence-electron chi connectivity index (χ1n) is 10.8. The topological polar surface area (TPSA) is 113 Å². The van der Waals surface area contributed by atoms with Gasteiger partial charge in [0, 0.05) is 32.4 Å². The lowest BCUT2D eigenvalue weighted by molar-refractivity contribution is 0.0240. The molecule has 3 rings (SSSR count). The zero-order chi connectivity index (χ0) is 25.3. The van der Waals surface area contributed by atoms with Crippen molar-refractivity contribution >= 4 is 37.3 Å². The smallest absolute Gasteiger partial charge is 0.410 e. The van der Waals surface area contributed by atoms with E-state index in [0.29, 0.717) is 31.9 Å². The second-order valence-electron chi connectivity index (χ2n) is 9.32. The first-order chi connectivity index (χ1) is 15.7. The maximum absolute atomic E-state index is 13.0. The Balaban J connectivity index is 1.88. The van der Waals surface area contributed by atoms with Crippen LogP contribution < -0.4 is 9.62 Å². The van der Waals surface area contributed by atoms with Gasteiger partial charge in [-0.1, -0.05) is 17.7 Å². The van der Waals surface area contributed by atoms with Gasteiger partial charge in [0.05, 0.1) is 21.2 Å². The summed E-state index contributed by atoms with van der Waals surface area (Å²) in [4.78, 5) is 16.0. The summed E-state index contributed by atoms with van der Waals surface area (Å²) < 4.78 is 58.3. The fourth-order valence-corrected chi connectivity index (χ4v) is 5.19. The maximum Gasteiger partial charge on any atom is 0.410 e. The molecule has 0 saturated carbocycles. The van der Waals surface area contributed by atoms with Gasteiger partial charge in [0.1, 0.15) is 5.60 Å². The molecule has 1 aliphatic rings. The molecule has 0 unspecified atom stereocenters. The minimum absolute atomic E-state index is 0.00486. The Bertz CT molecular complexity index is 1260. The summed E-state index contributed by atoms with van der Waals surface area (Å²) in [6.07, 6.45) is 0.666. The SMILES string of the molecule is Cc1ccc(S(=O)(=O)Nc2cc(S(C)(=O)=O)ccc2N2CCN(C(=O)OC(C)(C)C)CC2)cc1. The van der Waals surface area contributed by atoms with Crippen LogP contribution in [0.1, 0.15) is 26.3 Å². The third kappa shape index (κ3) is 6.41. The first kappa shape index (κ1) is 25.8. The summed E-state index contributed by atoms with van der Waals surface area (Å²) in [6, 6.07) is 10.8. The molecule has 0 spiro atoms. The fourth-order valence-electron chi connectivity index (χ4n) is 3.48. The second kappa shape index (κ2) is 9.46. The van der Waals surface area contributed by atoms with Crippen molar-refractivity contribution in [3.05, 3.63) is 48.0 Å². The van der Waals surface area contributed by atoms with E-state index in [-0.39, 0.29) is 15.5 Å². The van der Waals surface area contributed by atoms with E-state index in [1.165, 1.54) is 24.3 Å². The normalized spacial score (nSPS) is 15.2. The van der Waals surface area contributed by atoms with Gasteiger partial charge in [-0.3, -0.25) is 4.72 Å². The largest absolute Gasteiger partial charge is 0.444 e. The van der Waals surface area contributed by atoms with Gasteiger partial charge in [-0.15, -0.1) is 0 Å². The van der Waals surface area contributed by atoms with Crippen LogP contribution in [0.4, 0.5) is 16.2 Å². The molecule has 0 aliphatic carbocycles. The molecule has 1 amide bonds. The number of nitrogens with one attached hydrogen (secondary N) is 1. The van der Waals surface area contributed by atoms with Gasteiger partial charge >= 0.3 is 6.09 Å². The van der Waals surface area contributed by atoms with E-state index in [0.717, 1.165) is 11.8 Å². The number of hydrogen-bond donors (Lipinski definition) is 1. The van der Waals surface area contributed by atoms with E-state index in [4.69, 9.17) is 4.74 Å². The van der Waals surface area contributed by atoms with E-state index >= 15 is 0 Å². The molecule has 11 heteroatoms. The van der Waals surface area contributed by atoms with Crippen LogP contribution in [0.5, 0.6) is 0 Å². The number of ether oxygens (including phenoxy) is 1. The van der Waals surface area contributed by atoms with Crippen LogP contribution in [0, 0.1) is 6.92 Å². The average molecular weight is 510 g/mol. The number of anilines is 2. The molecule has 1 saturated heterocycles. The molecule has 1 fully saturated rings. The number of hydrogen-bond acceptors (Lipinski definition) is 7. The number of aryl methyl sites for hydroxylation is 1. The summed E-state index contributed by atoms with van der Waals surface area (Å²) >= 11 is 0. The number of sulfone groups is 1. The maximum atomic E-state index is 13.0.